The summed E-state index contributed by atoms with van der Waals surface area (Å²) >= 11 is 0. The van der Waals surface area contributed by atoms with Crippen LogP contribution in [-0.2, 0) is 13.5 Å². The molecule has 0 aromatic carbocycles. The van der Waals surface area contributed by atoms with Gasteiger partial charge in [0.2, 0.25) is 0 Å². The molecule has 0 spiro atoms. The standard InChI is InChI=1S/C16H31N5/c1-6-14(17)10-15-13(3)18-20(5)16(15)21-9-7-8-19(4)11-12(21)2/h12,14H,6-11,17H2,1-5H3. The van der Waals surface area contributed by atoms with Gasteiger partial charge in [0.05, 0.1) is 5.69 Å². The highest BCUT2D eigenvalue weighted by atomic mass is 15.4. The van der Waals surface area contributed by atoms with Crippen LogP contribution in [0.15, 0.2) is 0 Å². The normalized spacial score (nSPS) is 22.4. The van der Waals surface area contributed by atoms with Crippen LogP contribution in [0.25, 0.3) is 0 Å². The van der Waals surface area contributed by atoms with E-state index >= 15 is 0 Å². The zero-order valence-corrected chi connectivity index (χ0v) is 14.3. The Morgan fingerprint density at radius 3 is 2.71 bits per heavy atom. The number of nitrogens with zero attached hydrogens (tertiary/aromatic N) is 4. The van der Waals surface area contributed by atoms with Gasteiger partial charge in [0.25, 0.3) is 0 Å². The van der Waals surface area contributed by atoms with Gasteiger partial charge in [-0.3, -0.25) is 4.68 Å². The largest absolute Gasteiger partial charge is 0.353 e. The van der Waals surface area contributed by atoms with E-state index in [1.54, 1.807) is 0 Å². The first kappa shape index (κ1) is 16.3. The van der Waals surface area contributed by atoms with Gasteiger partial charge in [-0.2, -0.15) is 5.10 Å². The molecular formula is C16H31N5. The summed E-state index contributed by atoms with van der Waals surface area (Å²) in [5, 5.41) is 4.66. The predicted octanol–water partition coefficient (Wildman–Crippen LogP) is 1.54. The van der Waals surface area contributed by atoms with E-state index in [0.717, 1.165) is 31.6 Å². The molecule has 5 heteroatoms. The monoisotopic (exact) mass is 293 g/mol. The Morgan fingerprint density at radius 1 is 1.33 bits per heavy atom. The molecule has 1 aliphatic rings. The Kier molecular flexibility index (Phi) is 5.27. The summed E-state index contributed by atoms with van der Waals surface area (Å²) in [5.41, 5.74) is 8.67. The van der Waals surface area contributed by atoms with Crippen LogP contribution in [0.3, 0.4) is 0 Å². The third kappa shape index (κ3) is 3.58. The van der Waals surface area contributed by atoms with Crippen molar-refractivity contribution in [2.45, 2.75) is 52.1 Å². The van der Waals surface area contributed by atoms with Crippen LogP contribution in [0.2, 0.25) is 0 Å². The van der Waals surface area contributed by atoms with Gasteiger partial charge in [-0.05, 0) is 46.7 Å². The van der Waals surface area contributed by atoms with Crippen molar-refractivity contribution in [2.75, 3.05) is 31.6 Å². The molecule has 5 nitrogen and oxygen atoms in total. The molecule has 2 N–H and O–H groups in total. The Morgan fingerprint density at radius 2 is 2.05 bits per heavy atom. The Balaban J connectivity index is 2.33. The molecule has 0 aliphatic carbocycles. The highest BCUT2D eigenvalue weighted by Gasteiger charge is 2.26. The fourth-order valence-electron chi connectivity index (χ4n) is 3.38. The molecule has 1 aromatic rings. The van der Waals surface area contributed by atoms with Crippen molar-refractivity contribution >= 4 is 5.82 Å². The molecule has 120 valence electrons. The molecule has 0 bridgehead atoms. The van der Waals surface area contributed by atoms with Crippen molar-refractivity contribution in [3.05, 3.63) is 11.3 Å². The van der Waals surface area contributed by atoms with Crippen LogP contribution in [0.1, 0.15) is 37.9 Å². The molecule has 2 rings (SSSR count). The second kappa shape index (κ2) is 6.79. The van der Waals surface area contributed by atoms with Crippen molar-refractivity contribution in [1.82, 2.24) is 14.7 Å². The lowest BCUT2D eigenvalue weighted by Crippen LogP contribution is -2.39. The van der Waals surface area contributed by atoms with Gasteiger partial charge in [0.1, 0.15) is 5.82 Å². The zero-order valence-electron chi connectivity index (χ0n) is 14.3. The number of nitrogens with two attached hydrogens (primary N) is 1. The summed E-state index contributed by atoms with van der Waals surface area (Å²) in [5.74, 6) is 1.28. The molecule has 1 saturated heterocycles. The summed E-state index contributed by atoms with van der Waals surface area (Å²) in [7, 11) is 4.27. The topological polar surface area (TPSA) is 50.3 Å². The van der Waals surface area contributed by atoms with E-state index in [-0.39, 0.29) is 6.04 Å². The SMILES string of the molecule is CCC(N)Cc1c(C)nn(C)c1N1CCCN(C)CC1C. The summed E-state index contributed by atoms with van der Waals surface area (Å²) in [6.45, 7) is 9.94. The van der Waals surface area contributed by atoms with Crippen molar-refractivity contribution in [2.24, 2.45) is 12.8 Å². The van der Waals surface area contributed by atoms with E-state index in [2.05, 4.69) is 54.4 Å². The third-order valence-electron chi connectivity index (χ3n) is 4.62. The zero-order chi connectivity index (χ0) is 15.6. The fourth-order valence-corrected chi connectivity index (χ4v) is 3.38. The van der Waals surface area contributed by atoms with Crippen molar-refractivity contribution < 1.29 is 0 Å². The summed E-state index contributed by atoms with van der Waals surface area (Å²) in [6.07, 6.45) is 3.13. The average Bonchev–Trinajstić information content (AvgIpc) is 2.58. The first-order valence-corrected chi connectivity index (χ1v) is 8.17. The van der Waals surface area contributed by atoms with Crippen molar-refractivity contribution in [3.63, 3.8) is 0 Å². The summed E-state index contributed by atoms with van der Waals surface area (Å²) in [4.78, 5) is 4.95. The maximum absolute atomic E-state index is 6.21. The third-order valence-corrected chi connectivity index (χ3v) is 4.62. The maximum atomic E-state index is 6.21. The number of aryl methyl sites for hydroxylation is 2. The molecule has 1 aromatic heterocycles. The van der Waals surface area contributed by atoms with E-state index in [1.807, 2.05) is 0 Å². The average molecular weight is 293 g/mol. The smallest absolute Gasteiger partial charge is 0.130 e. The van der Waals surface area contributed by atoms with Crippen molar-refractivity contribution in [1.29, 1.82) is 0 Å². The molecule has 0 amide bonds. The van der Waals surface area contributed by atoms with Gasteiger partial charge < -0.3 is 15.5 Å². The first-order chi connectivity index (χ1) is 9.93. The fraction of sp³-hybridized carbons (Fsp3) is 0.812. The van der Waals surface area contributed by atoms with E-state index in [1.165, 1.54) is 24.3 Å². The second-order valence-electron chi connectivity index (χ2n) is 6.54. The molecule has 0 radical (unpaired) electrons. The first-order valence-electron chi connectivity index (χ1n) is 8.17. The number of hydrogen-bond donors (Lipinski definition) is 1. The number of aromatic nitrogens is 2. The predicted molar refractivity (Wildman–Crippen MR) is 88.8 cm³/mol. The van der Waals surface area contributed by atoms with Crippen LogP contribution in [-0.4, -0.2) is 53.4 Å². The van der Waals surface area contributed by atoms with Crippen LogP contribution in [0.5, 0.6) is 0 Å². The molecule has 0 saturated carbocycles. The van der Waals surface area contributed by atoms with Crippen LogP contribution in [0, 0.1) is 6.92 Å². The lowest BCUT2D eigenvalue weighted by molar-refractivity contribution is 0.336. The van der Waals surface area contributed by atoms with Crippen LogP contribution < -0.4 is 10.6 Å². The lowest BCUT2D eigenvalue weighted by Gasteiger charge is -2.31. The van der Waals surface area contributed by atoms with Gasteiger partial charge in [0, 0.05) is 37.8 Å². The number of likely N-dealkylation sites (N-methyl/N-ethyl adjacent to an activating group) is 1. The number of hydrogen-bond acceptors (Lipinski definition) is 4. The van der Waals surface area contributed by atoms with Gasteiger partial charge in [-0.1, -0.05) is 6.92 Å². The van der Waals surface area contributed by atoms with E-state index < -0.39 is 0 Å². The minimum atomic E-state index is 0.219. The Bertz CT molecular complexity index is 467. The molecule has 21 heavy (non-hydrogen) atoms. The number of anilines is 1. The number of rotatable bonds is 4. The molecule has 1 fully saturated rings. The molecule has 2 unspecified atom stereocenters. The van der Waals surface area contributed by atoms with Crippen molar-refractivity contribution in [3.8, 4) is 0 Å². The minimum Gasteiger partial charge on any atom is -0.353 e. The summed E-state index contributed by atoms with van der Waals surface area (Å²) in [6, 6.07) is 0.723. The minimum absolute atomic E-state index is 0.219. The van der Waals surface area contributed by atoms with Gasteiger partial charge in [0.15, 0.2) is 0 Å². The Labute approximate surface area is 129 Å². The Hall–Kier alpha value is -1.07. The van der Waals surface area contributed by atoms with Gasteiger partial charge >= 0.3 is 0 Å². The van der Waals surface area contributed by atoms with E-state index in [9.17, 15) is 0 Å². The quantitative estimate of drug-likeness (QED) is 0.915. The highest BCUT2D eigenvalue weighted by molar-refractivity contribution is 5.51. The maximum Gasteiger partial charge on any atom is 0.130 e. The van der Waals surface area contributed by atoms with Gasteiger partial charge in [-0.25, -0.2) is 0 Å². The van der Waals surface area contributed by atoms with Crippen LogP contribution >= 0.6 is 0 Å². The highest BCUT2D eigenvalue weighted by Crippen LogP contribution is 2.28. The second-order valence-corrected chi connectivity index (χ2v) is 6.54. The molecule has 2 heterocycles. The lowest BCUT2D eigenvalue weighted by atomic mass is 10.0. The van der Waals surface area contributed by atoms with Crippen LogP contribution in [0.4, 0.5) is 5.82 Å². The molecule has 1 aliphatic heterocycles. The van der Waals surface area contributed by atoms with E-state index in [4.69, 9.17) is 5.73 Å². The van der Waals surface area contributed by atoms with Gasteiger partial charge in [-0.15, -0.1) is 0 Å². The van der Waals surface area contributed by atoms with E-state index in [0.29, 0.717) is 6.04 Å². The summed E-state index contributed by atoms with van der Waals surface area (Å²) < 4.78 is 2.05. The molecular weight excluding hydrogens is 262 g/mol. The molecule has 2 atom stereocenters.